The fourth-order valence-electron chi connectivity index (χ4n) is 2.05. The van der Waals surface area contributed by atoms with Crippen LogP contribution in [0.15, 0.2) is 0 Å². The van der Waals surface area contributed by atoms with Crippen LogP contribution < -0.4 is 0 Å². The van der Waals surface area contributed by atoms with Gasteiger partial charge in [-0.2, -0.15) is 22.2 Å². The lowest BCUT2D eigenvalue weighted by Crippen LogP contribution is -2.33. The maximum absolute atomic E-state index is 6.12. The first-order chi connectivity index (χ1) is 5.07. The molecule has 0 aromatic rings. The number of rotatable bonds is 1. The van der Waals surface area contributed by atoms with Crippen LogP contribution in [0.3, 0.4) is 0 Å². The summed E-state index contributed by atoms with van der Waals surface area (Å²) in [6.45, 7) is 13.3. The summed E-state index contributed by atoms with van der Waals surface area (Å²) in [5.74, 6) is 0. The van der Waals surface area contributed by atoms with Crippen molar-refractivity contribution in [3.63, 3.8) is 0 Å². The Bertz CT molecular complexity index is 128. The third-order valence-electron chi connectivity index (χ3n) is 2.12. The summed E-state index contributed by atoms with van der Waals surface area (Å²) >= 11 is 12.2. The van der Waals surface area contributed by atoms with Gasteiger partial charge < -0.3 is 0 Å². The second kappa shape index (κ2) is 3.89. The van der Waals surface area contributed by atoms with Gasteiger partial charge in [0.25, 0.3) is 0 Å². The Morgan fingerprint density at radius 1 is 0.833 bits per heavy atom. The smallest absolute Gasteiger partial charge is 0.150 e. The highest BCUT2D eigenvalue weighted by Gasteiger charge is 2.40. The van der Waals surface area contributed by atoms with E-state index in [1.54, 1.807) is 0 Å². The molecule has 0 unspecified atom stereocenters. The lowest BCUT2D eigenvalue weighted by molar-refractivity contribution is 0.233. The predicted molar refractivity (Wildman–Crippen MR) is 61.5 cm³/mol. The first kappa shape index (κ1) is 12.8. The van der Waals surface area contributed by atoms with Gasteiger partial charge in [0, 0.05) is 0 Å². The quantitative estimate of drug-likeness (QED) is 0.466. The summed E-state index contributed by atoms with van der Waals surface area (Å²) in [6, 6.07) is 0. The topological polar surface area (TPSA) is 0 Å². The monoisotopic (exact) mass is 226 g/mol. The first-order valence-electron chi connectivity index (χ1n) is 4.35. The normalized spacial score (nSPS) is 14.5. The van der Waals surface area contributed by atoms with Crippen LogP contribution in [0.1, 0.15) is 41.5 Å². The molecule has 0 nitrogen and oxygen atoms in total. The van der Waals surface area contributed by atoms with E-state index in [1.807, 2.05) is 0 Å². The molecule has 0 aromatic heterocycles. The van der Waals surface area contributed by atoms with Crippen molar-refractivity contribution in [1.29, 1.82) is 0 Å². The van der Waals surface area contributed by atoms with Crippen molar-refractivity contribution in [3.05, 3.63) is 0 Å². The van der Waals surface area contributed by atoms with Gasteiger partial charge in [0.05, 0.1) is 0 Å². The van der Waals surface area contributed by atoms with Crippen LogP contribution in [0.5, 0.6) is 0 Å². The molecule has 0 rings (SSSR count). The van der Waals surface area contributed by atoms with Crippen molar-refractivity contribution < 1.29 is 0 Å². The zero-order valence-electron chi connectivity index (χ0n) is 8.91. The van der Waals surface area contributed by atoms with E-state index in [0.29, 0.717) is 5.54 Å². The van der Waals surface area contributed by atoms with Crippen LogP contribution in [-0.2, 0) is 0 Å². The molecule has 0 saturated carbocycles. The lowest BCUT2D eigenvalue weighted by atomic mass is 9.77. The standard InChI is InChI=1S/C9H20Cl2Si/c1-8(2,3)7(12(10)11)9(4,5)6/h7,12H,1-6H3. The molecular formula is C9H20Cl2Si. The summed E-state index contributed by atoms with van der Waals surface area (Å²) in [6.07, 6.45) is 0. The Morgan fingerprint density at radius 3 is 1.08 bits per heavy atom. The molecule has 3 heteroatoms. The number of halogens is 2. The summed E-state index contributed by atoms with van der Waals surface area (Å²) in [7, 11) is -1.59. The summed E-state index contributed by atoms with van der Waals surface area (Å²) < 4.78 is 0. The van der Waals surface area contributed by atoms with Crippen LogP contribution in [0.25, 0.3) is 0 Å². The zero-order chi connectivity index (χ0) is 10.2. The van der Waals surface area contributed by atoms with Crippen molar-refractivity contribution in [2.75, 3.05) is 0 Å². The minimum absolute atomic E-state index is 0.221. The van der Waals surface area contributed by atoms with Crippen LogP contribution in [0.2, 0.25) is 5.54 Å². The Morgan fingerprint density at radius 2 is 1.08 bits per heavy atom. The molecule has 0 radical (unpaired) electrons. The summed E-state index contributed by atoms with van der Waals surface area (Å²) in [5.41, 5.74) is 0.894. The van der Waals surface area contributed by atoms with Gasteiger partial charge in [-0.15, -0.1) is 0 Å². The van der Waals surface area contributed by atoms with Gasteiger partial charge in [0.2, 0.25) is 7.42 Å². The summed E-state index contributed by atoms with van der Waals surface area (Å²) in [5, 5.41) is 0. The third-order valence-corrected chi connectivity index (χ3v) is 6.13. The summed E-state index contributed by atoms with van der Waals surface area (Å²) in [4.78, 5) is 0. The highest BCUT2D eigenvalue weighted by molar-refractivity contribution is 7.34. The molecule has 0 amide bonds. The molecule has 0 aliphatic heterocycles. The molecule has 0 saturated heterocycles. The average molecular weight is 227 g/mol. The Kier molecular flexibility index (Phi) is 4.15. The minimum atomic E-state index is -1.59. The largest absolute Gasteiger partial charge is 0.241 e. The molecular weight excluding hydrogens is 207 g/mol. The van der Waals surface area contributed by atoms with E-state index in [9.17, 15) is 0 Å². The van der Waals surface area contributed by atoms with Crippen molar-refractivity contribution in [1.82, 2.24) is 0 Å². The van der Waals surface area contributed by atoms with E-state index in [2.05, 4.69) is 41.5 Å². The molecule has 0 heterocycles. The van der Waals surface area contributed by atoms with Gasteiger partial charge in [-0.05, 0) is 16.4 Å². The van der Waals surface area contributed by atoms with Gasteiger partial charge in [-0.25, -0.2) is 0 Å². The van der Waals surface area contributed by atoms with Gasteiger partial charge >= 0.3 is 0 Å². The Labute approximate surface area is 87.7 Å². The maximum Gasteiger partial charge on any atom is 0.241 e. The van der Waals surface area contributed by atoms with E-state index >= 15 is 0 Å². The van der Waals surface area contributed by atoms with Crippen LogP contribution in [0, 0.1) is 10.8 Å². The minimum Gasteiger partial charge on any atom is -0.150 e. The molecule has 0 spiro atoms. The molecule has 0 N–H and O–H groups in total. The highest BCUT2D eigenvalue weighted by Crippen LogP contribution is 2.48. The van der Waals surface area contributed by atoms with Gasteiger partial charge in [-0.3, -0.25) is 0 Å². The second-order valence-corrected chi connectivity index (χ2v) is 10.4. The van der Waals surface area contributed by atoms with E-state index in [-0.39, 0.29) is 10.8 Å². The van der Waals surface area contributed by atoms with E-state index in [0.717, 1.165) is 0 Å². The molecule has 0 fully saturated rings. The van der Waals surface area contributed by atoms with Gasteiger partial charge in [0.15, 0.2) is 0 Å². The fourth-order valence-corrected chi connectivity index (χ4v) is 8.10. The van der Waals surface area contributed by atoms with Gasteiger partial charge in [0.1, 0.15) is 0 Å². The van der Waals surface area contributed by atoms with Gasteiger partial charge in [-0.1, -0.05) is 41.5 Å². The Hall–Kier alpha value is 0.797. The van der Waals surface area contributed by atoms with Crippen molar-refractivity contribution in [2.24, 2.45) is 10.8 Å². The zero-order valence-corrected chi connectivity index (χ0v) is 11.6. The Balaban J connectivity index is 4.70. The van der Waals surface area contributed by atoms with E-state index < -0.39 is 7.42 Å². The fraction of sp³-hybridized carbons (Fsp3) is 1.00. The SMILES string of the molecule is CC(C)(C)C([SiH](Cl)Cl)C(C)(C)C. The maximum atomic E-state index is 6.12. The molecule has 0 atom stereocenters. The van der Waals surface area contributed by atoms with Crippen molar-refractivity contribution in [2.45, 2.75) is 47.1 Å². The van der Waals surface area contributed by atoms with Crippen LogP contribution >= 0.6 is 22.2 Å². The molecule has 0 aromatic carbocycles. The highest BCUT2D eigenvalue weighted by atomic mass is 35.7. The van der Waals surface area contributed by atoms with Crippen LogP contribution in [0.4, 0.5) is 0 Å². The second-order valence-electron chi connectivity index (χ2n) is 5.54. The van der Waals surface area contributed by atoms with E-state index in [1.165, 1.54) is 0 Å². The third kappa shape index (κ3) is 3.67. The lowest BCUT2D eigenvalue weighted by Gasteiger charge is -2.41. The molecule has 12 heavy (non-hydrogen) atoms. The van der Waals surface area contributed by atoms with E-state index in [4.69, 9.17) is 22.2 Å². The molecule has 74 valence electrons. The number of hydrogen-bond acceptors (Lipinski definition) is 0. The average Bonchev–Trinajstić information content (AvgIpc) is 1.49. The number of hydrogen-bond donors (Lipinski definition) is 0. The molecule has 0 bridgehead atoms. The predicted octanol–water partition coefficient (Wildman–Crippen LogP) is 4.15. The van der Waals surface area contributed by atoms with Crippen LogP contribution in [-0.4, -0.2) is 7.42 Å². The van der Waals surface area contributed by atoms with Crippen molar-refractivity contribution in [3.8, 4) is 0 Å². The van der Waals surface area contributed by atoms with Crippen molar-refractivity contribution >= 4 is 29.6 Å². The molecule has 0 aliphatic carbocycles. The molecule has 0 aliphatic rings. The first-order valence-corrected chi connectivity index (χ1v) is 8.51.